The SMILES string of the molecule is O=S(=O)(c1cc(F)ccc1NC1CCN(C2CCCCC2O)CC1)C(F)(F)F. The van der Waals surface area contributed by atoms with Gasteiger partial charge in [0.2, 0.25) is 0 Å². The molecule has 2 aliphatic rings. The molecule has 1 heterocycles. The van der Waals surface area contributed by atoms with E-state index in [1.807, 2.05) is 0 Å². The van der Waals surface area contributed by atoms with Crippen molar-refractivity contribution in [2.45, 2.75) is 67.1 Å². The second-order valence-corrected chi connectivity index (χ2v) is 9.37. The summed E-state index contributed by atoms with van der Waals surface area (Å²) < 4.78 is 75.8. The van der Waals surface area contributed by atoms with Gasteiger partial charge < -0.3 is 10.4 Å². The fraction of sp³-hybridized carbons (Fsp3) is 0.667. The third-order valence-corrected chi connectivity index (χ3v) is 7.12. The first-order valence-electron chi connectivity index (χ1n) is 9.39. The van der Waals surface area contributed by atoms with Crippen LogP contribution in [0.5, 0.6) is 0 Å². The predicted molar refractivity (Wildman–Crippen MR) is 96.1 cm³/mol. The largest absolute Gasteiger partial charge is 0.501 e. The van der Waals surface area contributed by atoms with Crippen molar-refractivity contribution in [3.05, 3.63) is 24.0 Å². The molecule has 158 valence electrons. The molecule has 1 saturated heterocycles. The predicted octanol–water partition coefficient (Wildman–Crippen LogP) is 3.30. The van der Waals surface area contributed by atoms with Gasteiger partial charge in [-0.15, -0.1) is 0 Å². The van der Waals surface area contributed by atoms with Crippen LogP contribution in [-0.4, -0.2) is 55.2 Å². The summed E-state index contributed by atoms with van der Waals surface area (Å²) >= 11 is 0. The van der Waals surface area contributed by atoms with E-state index >= 15 is 0 Å². The van der Waals surface area contributed by atoms with Crippen LogP contribution in [0.1, 0.15) is 38.5 Å². The zero-order valence-electron chi connectivity index (χ0n) is 15.3. The number of anilines is 1. The van der Waals surface area contributed by atoms with Gasteiger partial charge >= 0.3 is 5.51 Å². The van der Waals surface area contributed by atoms with E-state index in [0.717, 1.165) is 37.8 Å². The van der Waals surface area contributed by atoms with Gasteiger partial charge in [-0.05, 0) is 43.9 Å². The minimum Gasteiger partial charge on any atom is -0.391 e. The topological polar surface area (TPSA) is 69.6 Å². The molecular formula is C18H24F4N2O3S. The Hall–Kier alpha value is -1.39. The van der Waals surface area contributed by atoms with Gasteiger partial charge in [-0.1, -0.05) is 12.8 Å². The summed E-state index contributed by atoms with van der Waals surface area (Å²) in [5, 5.41) is 13.0. The summed E-state index contributed by atoms with van der Waals surface area (Å²) in [5.41, 5.74) is -5.74. The monoisotopic (exact) mass is 424 g/mol. The standard InChI is InChI=1S/C18H24F4N2O3S/c19-12-5-6-14(17(11-12)28(26,27)18(20,21)22)23-13-7-9-24(10-8-13)15-3-1-2-4-16(15)25/h5-6,11,13,15-16,23,25H,1-4,7-10H2. The van der Waals surface area contributed by atoms with Gasteiger partial charge in [0.15, 0.2) is 0 Å². The van der Waals surface area contributed by atoms with Crippen molar-refractivity contribution >= 4 is 15.5 Å². The van der Waals surface area contributed by atoms with Crippen molar-refractivity contribution in [1.82, 2.24) is 4.90 Å². The van der Waals surface area contributed by atoms with Crippen LogP contribution < -0.4 is 5.32 Å². The van der Waals surface area contributed by atoms with Gasteiger partial charge in [-0.3, -0.25) is 4.90 Å². The van der Waals surface area contributed by atoms with E-state index in [0.29, 0.717) is 32.0 Å². The van der Waals surface area contributed by atoms with Crippen molar-refractivity contribution in [1.29, 1.82) is 0 Å². The van der Waals surface area contributed by atoms with Crippen LogP contribution in [0.3, 0.4) is 0 Å². The second kappa shape index (κ2) is 8.16. The lowest BCUT2D eigenvalue weighted by molar-refractivity contribution is -0.0435. The van der Waals surface area contributed by atoms with Crippen LogP contribution in [0.25, 0.3) is 0 Å². The van der Waals surface area contributed by atoms with Crippen LogP contribution in [-0.2, 0) is 9.84 Å². The third-order valence-electron chi connectivity index (χ3n) is 5.59. The van der Waals surface area contributed by atoms with Gasteiger partial charge in [0.1, 0.15) is 10.7 Å². The van der Waals surface area contributed by atoms with Crippen LogP contribution in [0.2, 0.25) is 0 Å². The van der Waals surface area contributed by atoms with E-state index in [2.05, 4.69) is 10.2 Å². The maximum atomic E-state index is 13.4. The summed E-state index contributed by atoms with van der Waals surface area (Å²) in [5.74, 6) is -1.05. The highest BCUT2D eigenvalue weighted by Gasteiger charge is 2.48. The number of hydrogen-bond donors (Lipinski definition) is 2. The number of halogens is 4. The van der Waals surface area contributed by atoms with E-state index in [4.69, 9.17) is 0 Å². The number of hydrogen-bond acceptors (Lipinski definition) is 5. The van der Waals surface area contributed by atoms with Gasteiger partial charge in [0, 0.05) is 25.2 Å². The van der Waals surface area contributed by atoms with E-state index < -0.39 is 26.1 Å². The van der Waals surface area contributed by atoms with Gasteiger partial charge in [0.05, 0.1) is 11.8 Å². The highest BCUT2D eigenvalue weighted by molar-refractivity contribution is 7.92. The fourth-order valence-corrected chi connectivity index (χ4v) is 5.01. The molecular weight excluding hydrogens is 400 g/mol. The lowest BCUT2D eigenvalue weighted by Crippen LogP contribution is -2.50. The normalized spacial score (nSPS) is 25.6. The fourth-order valence-electron chi connectivity index (χ4n) is 4.08. The molecule has 2 fully saturated rings. The smallest absolute Gasteiger partial charge is 0.391 e. The van der Waals surface area contributed by atoms with Crippen LogP contribution >= 0.6 is 0 Å². The lowest BCUT2D eigenvalue weighted by atomic mass is 9.89. The number of nitrogens with one attached hydrogen (secondary N) is 1. The molecule has 2 atom stereocenters. The van der Waals surface area contributed by atoms with Gasteiger partial charge in [0.25, 0.3) is 9.84 Å². The number of aliphatic hydroxyl groups is 1. The summed E-state index contributed by atoms with van der Waals surface area (Å²) in [4.78, 5) is 1.10. The molecule has 2 unspecified atom stereocenters. The molecule has 0 spiro atoms. The highest BCUT2D eigenvalue weighted by Crippen LogP contribution is 2.36. The average molecular weight is 424 g/mol. The Morgan fingerprint density at radius 3 is 2.32 bits per heavy atom. The van der Waals surface area contributed by atoms with Crippen LogP contribution in [0, 0.1) is 5.82 Å². The second-order valence-electron chi connectivity index (χ2n) is 7.46. The minimum absolute atomic E-state index is 0.0988. The summed E-state index contributed by atoms with van der Waals surface area (Å²) in [6.07, 6.45) is 4.59. The molecule has 28 heavy (non-hydrogen) atoms. The summed E-state index contributed by atoms with van der Waals surface area (Å²) in [6, 6.07) is 2.24. The molecule has 1 aliphatic carbocycles. The molecule has 0 radical (unpaired) electrons. The number of alkyl halides is 3. The minimum atomic E-state index is -5.66. The quantitative estimate of drug-likeness (QED) is 0.726. The number of aliphatic hydroxyl groups excluding tert-OH is 1. The molecule has 0 amide bonds. The Morgan fingerprint density at radius 2 is 1.71 bits per heavy atom. The number of nitrogens with zero attached hydrogens (tertiary/aromatic N) is 1. The Morgan fingerprint density at radius 1 is 1.07 bits per heavy atom. The number of sulfone groups is 1. The molecule has 10 heteroatoms. The van der Waals surface area contributed by atoms with Crippen molar-refractivity contribution in [2.75, 3.05) is 18.4 Å². The Bertz CT molecular complexity index is 793. The molecule has 1 aromatic carbocycles. The first kappa shape index (κ1) is 21.3. The molecule has 1 aromatic rings. The zero-order chi connectivity index (χ0) is 20.5. The first-order chi connectivity index (χ1) is 13.1. The molecule has 3 rings (SSSR count). The van der Waals surface area contributed by atoms with Gasteiger partial charge in [-0.25, -0.2) is 12.8 Å². The number of likely N-dealkylation sites (tertiary alicyclic amines) is 1. The number of piperidine rings is 1. The Labute approximate surface area is 161 Å². The first-order valence-corrected chi connectivity index (χ1v) is 10.9. The van der Waals surface area contributed by atoms with E-state index in [1.54, 1.807) is 0 Å². The number of benzene rings is 1. The molecule has 2 N–H and O–H groups in total. The molecule has 5 nitrogen and oxygen atoms in total. The maximum Gasteiger partial charge on any atom is 0.501 e. The van der Waals surface area contributed by atoms with E-state index in [9.17, 15) is 31.1 Å². The lowest BCUT2D eigenvalue weighted by Gasteiger charge is -2.42. The summed E-state index contributed by atoms with van der Waals surface area (Å²) in [6.45, 7) is 1.31. The van der Waals surface area contributed by atoms with Crippen molar-refractivity contribution in [3.8, 4) is 0 Å². The van der Waals surface area contributed by atoms with Crippen LogP contribution in [0.4, 0.5) is 23.2 Å². The number of rotatable bonds is 4. The highest BCUT2D eigenvalue weighted by atomic mass is 32.2. The van der Waals surface area contributed by atoms with Gasteiger partial charge in [-0.2, -0.15) is 13.2 Å². The van der Waals surface area contributed by atoms with E-state index in [1.165, 1.54) is 0 Å². The van der Waals surface area contributed by atoms with E-state index in [-0.39, 0.29) is 23.9 Å². The van der Waals surface area contributed by atoms with Crippen molar-refractivity contribution in [3.63, 3.8) is 0 Å². The Balaban J connectivity index is 1.70. The summed E-state index contributed by atoms with van der Waals surface area (Å²) in [7, 11) is -5.66. The maximum absolute atomic E-state index is 13.4. The molecule has 0 aromatic heterocycles. The Kier molecular flexibility index (Phi) is 6.21. The molecule has 1 aliphatic heterocycles. The van der Waals surface area contributed by atoms with Crippen LogP contribution in [0.15, 0.2) is 23.1 Å². The zero-order valence-corrected chi connectivity index (χ0v) is 16.1. The molecule has 0 bridgehead atoms. The van der Waals surface area contributed by atoms with Crippen molar-refractivity contribution in [2.24, 2.45) is 0 Å². The van der Waals surface area contributed by atoms with Crippen molar-refractivity contribution < 1.29 is 31.1 Å². The molecule has 1 saturated carbocycles. The third kappa shape index (κ3) is 4.44. The average Bonchev–Trinajstić information content (AvgIpc) is 2.63.